The van der Waals surface area contributed by atoms with Gasteiger partial charge in [0, 0.05) is 32.1 Å². The highest BCUT2D eigenvalue weighted by Gasteiger charge is 2.33. The molecule has 1 amide bonds. The number of benzene rings is 2. The van der Waals surface area contributed by atoms with E-state index in [1.807, 2.05) is 9.80 Å². The van der Waals surface area contributed by atoms with Gasteiger partial charge >= 0.3 is 6.18 Å². The van der Waals surface area contributed by atoms with Gasteiger partial charge < -0.3 is 19.3 Å². The van der Waals surface area contributed by atoms with Crippen LogP contribution in [0.1, 0.15) is 49.7 Å². The summed E-state index contributed by atoms with van der Waals surface area (Å²) in [5, 5.41) is 0. The van der Waals surface area contributed by atoms with Gasteiger partial charge in [0.25, 0.3) is 0 Å². The van der Waals surface area contributed by atoms with Crippen LogP contribution in [-0.2, 0) is 11.0 Å². The smallest absolute Gasteiger partial charge is 0.416 e. The van der Waals surface area contributed by atoms with Crippen LogP contribution in [0.3, 0.4) is 0 Å². The summed E-state index contributed by atoms with van der Waals surface area (Å²) in [6.07, 6.45) is 1.56. The van der Waals surface area contributed by atoms with Crippen molar-refractivity contribution < 1.29 is 27.4 Å². The molecular weight excluding hydrogens is 471 g/mol. The highest BCUT2D eigenvalue weighted by Crippen LogP contribution is 2.42. The molecule has 6 nitrogen and oxygen atoms in total. The lowest BCUT2D eigenvalue weighted by molar-refractivity contribution is -0.138. The summed E-state index contributed by atoms with van der Waals surface area (Å²) in [4.78, 5) is 21.9. The number of amides is 1. The van der Waals surface area contributed by atoms with E-state index in [4.69, 9.17) is 14.5 Å². The van der Waals surface area contributed by atoms with Crippen molar-refractivity contribution in [2.75, 3.05) is 33.3 Å². The first-order valence-corrected chi connectivity index (χ1v) is 12.5. The van der Waals surface area contributed by atoms with E-state index in [0.717, 1.165) is 44.2 Å². The van der Waals surface area contributed by atoms with Crippen LogP contribution in [-0.4, -0.2) is 54.8 Å². The summed E-state index contributed by atoms with van der Waals surface area (Å²) in [6, 6.07) is 8.62. The Kier molecular flexibility index (Phi) is 6.81. The number of rotatable bonds is 2. The summed E-state index contributed by atoms with van der Waals surface area (Å²) < 4.78 is 51.8. The first-order valence-electron chi connectivity index (χ1n) is 12.5. The molecule has 9 heteroatoms. The molecule has 0 spiro atoms. The first kappa shape index (κ1) is 24.5. The molecule has 0 N–H and O–H groups in total. The van der Waals surface area contributed by atoms with Gasteiger partial charge in [-0.3, -0.25) is 4.79 Å². The Morgan fingerprint density at radius 1 is 0.972 bits per heavy atom. The first-order chi connectivity index (χ1) is 17.3. The molecule has 2 aromatic carbocycles. The molecule has 1 saturated carbocycles. The van der Waals surface area contributed by atoms with Crippen LogP contribution in [0.2, 0.25) is 0 Å². The fourth-order valence-electron chi connectivity index (χ4n) is 5.26. The fourth-order valence-corrected chi connectivity index (χ4v) is 5.26. The molecule has 0 radical (unpaired) electrons. The number of fused-ring (bicyclic) bond motifs is 2. The van der Waals surface area contributed by atoms with Gasteiger partial charge in [-0.2, -0.15) is 13.2 Å². The van der Waals surface area contributed by atoms with E-state index in [0.29, 0.717) is 49.1 Å². The van der Waals surface area contributed by atoms with E-state index >= 15 is 0 Å². The molecule has 1 aliphatic carbocycles. The predicted molar refractivity (Wildman–Crippen MR) is 130 cm³/mol. The third kappa shape index (κ3) is 5.01. The lowest BCUT2D eigenvalue weighted by Gasteiger charge is -2.29. The molecule has 1 saturated heterocycles. The average Bonchev–Trinajstić information content (AvgIpc) is 3.22. The number of ether oxygens (including phenoxy) is 2. The lowest BCUT2D eigenvalue weighted by atomic mass is 9.88. The average molecular weight is 502 g/mol. The number of hydrogen-bond acceptors (Lipinski definition) is 5. The van der Waals surface area contributed by atoms with E-state index < -0.39 is 11.7 Å². The van der Waals surface area contributed by atoms with Gasteiger partial charge in [-0.05, 0) is 55.7 Å². The highest BCUT2D eigenvalue weighted by atomic mass is 19.4. The minimum absolute atomic E-state index is 0.103. The second-order valence-corrected chi connectivity index (χ2v) is 9.58. The number of carbonyl (C=O) groups excluding carboxylic acids is 1. The van der Waals surface area contributed by atoms with Gasteiger partial charge in [0.2, 0.25) is 5.91 Å². The Morgan fingerprint density at radius 3 is 2.50 bits per heavy atom. The fraction of sp³-hybridized carbons (Fsp3) is 0.481. The Balaban J connectivity index is 1.48. The lowest BCUT2D eigenvalue weighted by Crippen LogP contribution is -2.40. The molecule has 3 aliphatic rings. The monoisotopic (exact) mass is 501 g/mol. The van der Waals surface area contributed by atoms with Crippen molar-refractivity contribution in [3.8, 4) is 17.2 Å². The molecule has 36 heavy (non-hydrogen) atoms. The molecule has 0 unspecified atom stereocenters. The molecule has 0 atom stereocenters. The normalized spacial score (nSPS) is 18.8. The number of aliphatic imine (C=N–C) groups is 1. The van der Waals surface area contributed by atoms with Crippen LogP contribution in [0.15, 0.2) is 41.4 Å². The van der Waals surface area contributed by atoms with Gasteiger partial charge in [-0.25, -0.2) is 4.99 Å². The molecule has 0 aromatic heterocycles. The second-order valence-electron chi connectivity index (χ2n) is 9.58. The molecule has 5 rings (SSSR count). The SMILES string of the molecule is COc1ccc2c(c1)C(N1CCCN(C(=O)C3CCCCC3)CC1)=Nc1cc(C(F)(F)F)ccc1O2. The number of methoxy groups -OCH3 is 1. The topological polar surface area (TPSA) is 54.4 Å². The minimum Gasteiger partial charge on any atom is -0.497 e. The Labute approximate surface area is 208 Å². The van der Waals surface area contributed by atoms with Crippen LogP contribution in [0, 0.1) is 5.92 Å². The molecule has 2 fully saturated rings. The van der Waals surface area contributed by atoms with E-state index in [1.54, 1.807) is 25.3 Å². The van der Waals surface area contributed by atoms with E-state index in [1.165, 1.54) is 12.5 Å². The maximum Gasteiger partial charge on any atom is 0.416 e. The summed E-state index contributed by atoms with van der Waals surface area (Å²) in [7, 11) is 1.56. The van der Waals surface area contributed by atoms with Crippen molar-refractivity contribution in [3.63, 3.8) is 0 Å². The van der Waals surface area contributed by atoms with Gasteiger partial charge in [-0.1, -0.05) is 19.3 Å². The maximum absolute atomic E-state index is 13.4. The highest BCUT2D eigenvalue weighted by molar-refractivity contribution is 6.04. The van der Waals surface area contributed by atoms with Crippen LogP contribution in [0.25, 0.3) is 0 Å². The van der Waals surface area contributed by atoms with E-state index in [9.17, 15) is 18.0 Å². The maximum atomic E-state index is 13.4. The Morgan fingerprint density at radius 2 is 1.75 bits per heavy atom. The number of nitrogens with zero attached hydrogens (tertiary/aromatic N) is 3. The zero-order valence-corrected chi connectivity index (χ0v) is 20.3. The number of halogens is 3. The standard InChI is InChI=1S/C27H30F3N3O3/c1-35-20-9-11-23-21(17-20)25(31-22-16-19(27(28,29)30)8-10-24(22)36-23)32-12-5-13-33(15-14-32)26(34)18-6-3-2-4-7-18/h8-11,16-18H,2-7,12-15H2,1H3. The minimum atomic E-state index is -4.49. The van der Waals surface area contributed by atoms with Crippen molar-refractivity contribution in [1.29, 1.82) is 0 Å². The quantitative estimate of drug-likeness (QED) is 0.506. The number of hydrogen-bond donors (Lipinski definition) is 0. The van der Waals surface area contributed by atoms with Gasteiger partial charge in [0.15, 0.2) is 5.75 Å². The summed E-state index contributed by atoms with van der Waals surface area (Å²) >= 11 is 0. The Bertz CT molecular complexity index is 1160. The third-order valence-electron chi connectivity index (χ3n) is 7.22. The van der Waals surface area contributed by atoms with Gasteiger partial charge in [0.1, 0.15) is 23.0 Å². The third-order valence-corrected chi connectivity index (χ3v) is 7.22. The van der Waals surface area contributed by atoms with Gasteiger partial charge in [-0.15, -0.1) is 0 Å². The van der Waals surface area contributed by atoms with Crippen molar-refractivity contribution in [2.24, 2.45) is 10.9 Å². The molecule has 192 valence electrons. The number of alkyl halides is 3. The molecular formula is C27H30F3N3O3. The van der Waals surface area contributed by atoms with Crippen LogP contribution in [0.5, 0.6) is 17.2 Å². The van der Waals surface area contributed by atoms with E-state index in [-0.39, 0.29) is 23.3 Å². The van der Waals surface area contributed by atoms with Crippen LogP contribution < -0.4 is 9.47 Å². The predicted octanol–water partition coefficient (Wildman–Crippen LogP) is 6.01. The van der Waals surface area contributed by atoms with Gasteiger partial charge in [0.05, 0.1) is 18.2 Å². The number of carbonyl (C=O) groups is 1. The van der Waals surface area contributed by atoms with Crippen LogP contribution in [0.4, 0.5) is 18.9 Å². The van der Waals surface area contributed by atoms with Crippen molar-refractivity contribution in [3.05, 3.63) is 47.5 Å². The van der Waals surface area contributed by atoms with Crippen molar-refractivity contribution in [1.82, 2.24) is 9.80 Å². The van der Waals surface area contributed by atoms with Crippen molar-refractivity contribution >= 4 is 17.4 Å². The Hall–Kier alpha value is -3.23. The molecule has 2 aliphatic heterocycles. The number of amidine groups is 1. The summed E-state index contributed by atoms with van der Waals surface area (Å²) in [6.45, 7) is 2.36. The summed E-state index contributed by atoms with van der Waals surface area (Å²) in [5.74, 6) is 2.20. The second kappa shape index (κ2) is 10.0. The summed E-state index contributed by atoms with van der Waals surface area (Å²) in [5.41, 5.74) is -0.0165. The zero-order valence-electron chi connectivity index (χ0n) is 20.3. The van der Waals surface area contributed by atoms with Crippen LogP contribution >= 0.6 is 0 Å². The zero-order chi connectivity index (χ0) is 25.3. The largest absolute Gasteiger partial charge is 0.497 e. The van der Waals surface area contributed by atoms with Crippen molar-refractivity contribution in [2.45, 2.75) is 44.7 Å². The van der Waals surface area contributed by atoms with E-state index in [2.05, 4.69) is 0 Å². The molecule has 2 aromatic rings. The molecule has 0 bridgehead atoms. The molecule has 2 heterocycles.